The summed E-state index contributed by atoms with van der Waals surface area (Å²) in [5, 5.41) is 11.7. The molecule has 2 rings (SSSR count). The molecule has 162 valence electrons. The summed E-state index contributed by atoms with van der Waals surface area (Å²) >= 11 is 0. The highest BCUT2D eigenvalue weighted by Gasteiger charge is 2.20. The minimum Gasteiger partial charge on any atom is -0.344 e. The molecule has 5 nitrogen and oxygen atoms in total. The van der Waals surface area contributed by atoms with Gasteiger partial charge in [-0.15, -0.1) is 0 Å². The number of hydrogen-bond donors (Lipinski definition) is 3. The zero-order valence-electron chi connectivity index (χ0n) is 17.7. The van der Waals surface area contributed by atoms with Crippen LogP contribution in [0.25, 0.3) is 0 Å². The van der Waals surface area contributed by atoms with Gasteiger partial charge in [-0.05, 0) is 30.4 Å². The van der Waals surface area contributed by atoms with E-state index in [-0.39, 0.29) is 5.91 Å². The molecule has 0 saturated heterocycles. The molecule has 1 atom stereocenters. The molecule has 2 aromatic carbocycles. The van der Waals surface area contributed by atoms with E-state index in [2.05, 4.69) is 35.6 Å². The monoisotopic (exact) mass is 410 g/mol. The molecular weight excluding hydrogens is 376 g/mol. The Morgan fingerprint density at radius 2 is 1.27 bits per heavy atom. The number of aryl methyl sites for hydroxylation is 1. The average Bonchev–Trinajstić information content (AvgIpc) is 2.78. The smallest absolute Gasteiger partial charge is 0.266 e. The molecule has 2 aromatic rings. The minimum absolute atomic E-state index is 0.151. The first-order valence-corrected chi connectivity index (χ1v) is 11.0. The van der Waals surface area contributed by atoms with Gasteiger partial charge in [-0.25, -0.2) is 5.48 Å². The van der Waals surface area contributed by atoms with Crippen LogP contribution in [0.1, 0.15) is 62.5 Å². The lowest BCUT2D eigenvalue weighted by atomic mass is 10.0. The van der Waals surface area contributed by atoms with Crippen molar-refractivity contribution in [3.8, 4) is 0 Å². The van der Waals surface area contributed by atoms with Crippen LogP contribution in [0.15, 0.2) is 60.7 Å². The average molecular weight is 411 g/mol. The van der Waals surface area contributed by atoms with Crippen LogP contribution in [0, 0.1) is 0 Å². The molecule has 2 amide bonds. The van der Waals surface area contributed by atoms with Crippen molar-refractivity contribution in [3.63, 3.8) is 0 Å². The molecule has 0 heterocycles. The summed E-state index contributed by atoms with van der Waals surface area (Å²) in [6.45, 7) is 0. The molecule has 0 bridgehead atoms. The zero-order chi connectivity index (χ0) is 21.4. The Labute approximate surface area is 179 Å². The zero-order valence-corrected chi connectivity index (χ0v) is 17.7. The van der Waals surface area contributed by atoms with Gasteiger partial charge < -0.3 is 5.32 Å². The van der Waals surface area contributed by atoms with E-state index < -0.39 is 11.9 Å². The van der Waals surface area contributed by atoms with Gasteiger partial charge in [-0.2, -0.15) is 0 Å². The third-order valence-corrected chi connectivity index (χ3v) is 5.26. The van der Waals surface area contributed by atoms with Crippen LogP contribution in [0.4, 0.5) is 0 Å². The fraction of sp³-hybridized carbons (Fsp3) is 0.440. The van der Waals surface area contributed by atoms with Gasteiger partial charge in [0.2, 0.25) is 5.91 Å². The van der Waals surface area contributed by atoms with E-state index in [0.717, 1.165) is 31.2 Å². The van der Waals surface area contributed by atoms with E-state index in [1.165, 1.54) is 31.2 Å². The van der Waals surface area contributed by atoms with Crippen molar-refractivity contribution in [2.45, 2.75) is 70.3 Å². The van der Waals surface area contributed by atoms with Gasteiger partial charge in [-0.3, -0.25) is 14.8 Å². The molecule has 0 radical (unpaired) electrons. The summed E-state index contributed by atoms with van der Waals surface area (Å²) in [4.78, 5) is 24.1. The molecule has 5 heteroatoms. The van der Waals surface area contributed by atoms with Crippen molar-refractivity contribution in [3.05, 3.63) is 71.8 Å². The first-order valence-electron chi connectivity index (χ1n) is 11.0. The predicted molar refractivity (Wildman–Crippen MR) is 119 cm³/mol. The van der Waals surface area contributed by atoms with Gasteiger partial charge in [0.15, 0.2) is 0 Å². The third kappa shape index (κ3) is 9.70. The number of carbonyl (C=O) groups is 2. The summed E-state index contributed by atoms with van der Waals surface area (Å²) in [7, 11) is 0. The lowest BCUT2D eigenvalue weighted by Crippen LogP contribution is -2.47. The van der Waals surface area contributed by atoms with Crippen molar-refractivity contribution in [2.75, 3.05) is 0 Å². The SMILES string of the molecule is O=C(CCCCCCCCCc1ccccc1)N[C@H](Cc1ccccc1)C(=O)NO. The van der Waals surface area contributed by atoms with Crippen LogP contribution < -0.4 is 10.8 Å². The molecule has 30 heavy (non-hydrogen) atoms. The molecule has 0 fully saturated rings. The second-order valence-electron chi connectivity index (χ2n) is 7.75. The summed E-state index contributed by atoms with van der Waals surface area (Å²) in [6, 6.07) is 19.3. The Balaban J connectivity index is 1.54. The van der Waals surface area contributed by atoms with Crippen LogP contribution in [0.5, 0.6) is 0 Å². The number of nitrogens with one attached hydrogen (secondary N) is 2. The topological polar surface area (TPSA) is 78.4 Å². The second-order valence-corrected chi connectivity index (χ2v) is 7.75. The van der Waals surface area contributed by atoms with E-state index in [1.807, 2.05) is 30.3 Å². The molecule has 0 aliphatic heterocycles. The number of carbonyl (C=O) groups excluding carboxylic acids is 2. The minimum atomic E-state index is -0.769. The Morgan fingerprint density at radius 1 is 0.733 bits per heavy atom. The van der Waals surface area contributed by atoms with E-state index in [9.17, 15) is 9.59 Å². The lowest BCUT2D eigenvalue weighted by Gasteiger charge is -2.17. The molecular formula is C25H34N2O3. The van der Waals surface area contributed by atoms with Gasteiger partial charge in [0.05, 0.1) is 0 Å². The maximum absolute atomic E-state index is 12.2. The van der Waals surface area contributed by atoms with Crippen LogP contribution in [0.3, 0.4) is 0 Å². The summed E-state index contributed by atoms with van der Waals surface area (Å²) < 4.78 is 0. The number of hydrogen-bond acceptors (Lipinski definition) is 3. The Hall–Kier alpha value is -2.66. The highest BCUT2D eigenvalue weighted by Crippen LogP contribution is 2.11. The molecule has 0 spiro atoms. The summed E-state index contributed by atoms with van der Waals surface area (Å²) in [5.74, 6) is -0.745. The van der Waals surface area contributed by atoms with Gasteiger partial charge in [0, 0.05) is 12.8 Å². The van der Waals surface area contributed by atoms with Crippen molar-refractivity contribution in [2.24, 2.45) is 0 Å². The summed E-state index contributed by atoms with van der Waals surface area (Å²) in [5.41, 5.74) is 3.98. The number of hydroxylamine groups is 1. The third-order valence-electron chi connectivity index (χ3n) is 5.26. The maximum Gasteiger partial charge on any atom is 0.266 e. The lowest BCUT2D eigenvalue weighted by molar-refractivity contribution is -0.134. The van der Waals surface area contributed by atoms with Crippen molar-refractivity contribution in [1.29, 1.82) is 0 Å². The summed E-state index contributed by atoms with van der Waals surface area (Å²) in [6.07, 6.45) is 9.75. The molecule has 0 aliphatic carbocycles. The Morgan fingerprint density at radius 3 is 1.87 bits per heavy atom. The number of amides is 2. The van der Waals surface area contributed by atoms with Gasteiger partial charge in [-0.1, -0.05) is 92.8 Å². The maximum atomic E-state index is 12.2. The molecule has 0 unspecified atom stereocenters. The van der Waals surface area contributed by atoms with Gasteiger partial charge in [0.1, 0.15) is 6.04 Å². The molecule has 0 aromatic heterocycles. The number of rotatable bonds is 14. The molecule has 0 aliphatic rings. The van der Waals surface area contributed by atoms with Crippen LogP contribution in [-0.2, 0) is 22.4 Å². The molecule has 0 saturated carbocycles. The fourth-order valence-electron chi connectivity index (χ4n) is 3.55. The van der Waals surface area contributed by atoms with Crippen molar-refractivity contribution in [1.82, 2.24) is 10.8 Å². The fourth-order valence-corrected chi connectivity index (χ4v) is 3.55. The normalized spacial score (nSPS) is 11.6. The van der Waals surface area contributed by atoms with E-state index >= 15 is 0 Å². The van der Waals surface area contributed by atoms with E-state index in [0.29, 0.717) is 12.8 Å². The Kier molecular flexibility index (Phi) is 11.3. The first kappa shape index (κ1) is 23.6. The van der Waals surface area contributed by atoms with Crippen LogP contribution >= 0.6 is 0 Å². The van der Waals surface area contributed by atoms with E-state index in [1.54, 1.807) is 5.48 Å². The number of unbranched alkanes of at least 4 members (excludes halogenated alkanes) is 6. The highest BCUT2D eigenvalue weighted by atomic mass is 16.5. The Bertz CT molecular complexity index is 735. The van der Waals surface area contributed by atoms with Crippen molar-refractivity contribution >= 4 is 11.8 Å². The van der Waals surface area contributed by atoms with E-state index in [4.69, 9.17) is 5.21 Å². The van der Waals surface area contributed by atoms with Gasteiger partial charge >= 0.3 is 0 Å². The molecule has 3 N–H and O–H groups in total. The predicted octanol–water partition coefficient (Wildman–Crippen LogP) is 4.58. The quantitative estimate of drug-likeness (QED) is 0.242. The number of benzene rings is 2. The van der Waals surface area contributed by atoms with Crippen molar-refractivity contribution < 1.29 is 14.8 Å². The van der Waals surface area contributed by atoms with Crippen LogP contribution in [0.2, 0.25) is 0 Å². The van der Waals surface area contributed by atoms with Crippen LogP contribution in [-0.4, -0.2) is 23.1 Å². The van der Waals surface area contributed by atoms with Gasteiger partial charge in [0.25, 0.3) is 5.91 Å². The first-order chi connectivity index (χ1) is 14.7. The standard InChI is InChI=1S/C25H34N2O3/c28-24(26-23(25(29)27-30)20-22-17-11-7-12-18-22)19-13-5-3-1-2-4-8-14-21-15-9-6-10-16-21/h6-7,9-12,15-18,23,30H,1-5,8,13-14,19-20H2,(H,26,28)(H,27,29)/t23-/m1/s1. The highest BCUT2D eigenvalue weighted by molar-refractivity contribution is 5.87. The second kappa shape index (κ2) is 14.3. The largest absolute Gasteiger partial charge is 0.344 e.